The van der Waals surface area contributed by atoms with E-state index < -0.39 is 5.60 Å². The zero-order valence-corrected chi connectivity index (χ0v) is 9.61. The highest BCUT2D eigenvalue weighted by Crippen LogP contribution is 2.45. The van der Waals surface area contributed by atoms with Crippen LogP contribution in [0.15, 0.2) is 30.3 Å². The van der Waals surface area contributed by atoms with Crippen molar-refractivity contribution in [2.75, 3.05) is 0 Å². The Morgan fingerprint density at radius 3 is 2.13 bits per heavy atom. The van der Waals surface area contributed by atoms with Crippen LogP contribution in [-0.2, 0) is 5.60 Å². The van der Waals surface area contributed by atoms with E-state index >= 15 is 0 Å². The van der Waals surface area contributed by atoms with Crippen molar-refractivity contribution in [3.8, 4) is 0 Å². The molecule has 0 radical (unpaired) electrons. The second-order valence-corrected chi connectivity index (χ2v) is 4.92. The lowest BCUT2D eigenvalue weighted by molar-refractivity contribution is -0.0892. The summed E-state index contributed by atoms with van der Waals surface area (Å²) in [5.41, 5.74) is 0.476. The van der Waals surface area contributed by atoms with Crippen LogP contribution in [-0.4, -0.2) is 5.11 Å². The second-order valence-electron chi connectivity index (χ2n) is 4.92. The molecule has 0 amide bonds. The van der Waals surface area contributed by atoms with Crippen molar-refractivity contribution in [1.29, 1.82) is 0 Å². The van der Waals surface area contributed by atoms with Gasteiger partial charge in [0.25, 0.3) is 0 Å². The van der Waals surface area contributed by atoms with Crippen molar-refractivity contribution in [2.24, 2.45) is 11.8 Å². The fourth-order valence-corrected chi connectivity index (χ4v) is 2.93. The summed E-state index contributed by atoms with van der Waals surface area (Å²) in [4.78, 5) is 0. The molecule has 0 aromatic heterocycles. The van der Waals surface area contributed by atoms with Crippen LogP contribution in [0.2, 0.25) is 0 Å². The Morgan fingerprint density at radius 2 is 1.60 bits per heavy atom. The Hall–Kier alpha value is -0.820. The van der Waals surface area contributed by atoms with Gasteiger partial charge in [0.05, 0.1) is 5.60 Å². The van der Waals surface area contributed by atoms with Crippen LogP contribution in [0.1, 0.15) is 38.7 Å². The molecule has 0 unspecified atom stereocenters. The lowest BCUT2D eigenvalue weighted by Gasteiger charge is -2.43. The average Bonchev–Trinajstić information content (AvgIpc) is 2.27. The van der Waals surface area contributed by atoms with E-state index in [0.717, 1.165) is 18.4 Å². The summed E-state index contributed by atoms with van der Waals surface area (Å²) < 4.78 is 0. The maximum absolute atomic E-state index is 10.9. The molecular formula is C14H20O. The molecule has 1 aromatic carbocycles. The van der Waals surface area contributed by atoms with Gasteiger partial charge in [-0.05, 0) is 30.2 Å². The highest BCUT2D eigenvalue weighted by atomic mass is 16.3. The van der Waals surface area contributed by atoms with Crippen molar-refractivity contribution in [2.45, 2.75) is 38.7 Å². The monoisotopic (exact) mass is 204 g/mol. The first-order valence-electron chi connectivity index (χ1n) is 5.93. The molecule has 2 atom stereocenters. The SMILES string of the molecule is C[C@H]1CCC[C@H](C)C1(O)c1ccccc1. The molecule has 0 heterocycles. The molecule has 1 nitrogen and oxygen atoms in total. The number of benzene rings is 1. The number of rotatable bonds is 1. The Labute approximate surface area is 92.1 Å². The van der Waals surface area contributed by atoms with E-state index in [0.29, 0.717) is 11.8 Å². The van der Waals surface area contributed by atoms with Crippen molar-refractivity contribution in [3.05, 3.63) is 35.9 Å². The van der Waals surface area contributed by atoms with E-state index in [1.54, 1.807) is 0 Å². The van der Waals surface area contributed by atoms with Gasteiger partial charge in [-0.25, -0.2) is 0 Å². The summed E-state index contributed by atoms with van der Waals surface area (Å²) in [6, 6.07) is 10.1. The standard InChI is InChI=1S/C14H20O/c1-11-7-6-8-12(2)14(11,15)13-9-4-3-5-10-13/h3-5,9-12,15H,6-8H2,1-2H3/t11-,12-/m0/s1. The second kappa shape index (κ2) is 3.97. The van der Waals surface area contributed by atoms with Crippen molar-refractivity contribution >= 4 is 0 Å². The highest BCUT2D eigenvalue weighted by molar-refractivity contribution is 5.24. The minimum Gasteiger partial charge on any atom is -0.385 e. The third-order valence-electron chi connectivity index (χ3n) is 4.01. The Morgan fingerprint density at radius 1 is 1.07 bits per heavy atom. The minimum atomic E-state index is -0.612. The van der Waals surface area contributed by atoms with Crippen LogP contribution in [0, 0.1) is 11.8 Å². The van der Waals surface area contributed by atoms with Crippen molar-refractivity contribution in [1.82, 2.24) is 0 Å². The predicted molar refractivity (Wildman–Crippen MR) is 62.5 cm³/mol. The molecule has 0 bridgehead atoms. The van der Waals surface area contributed by atoms with E-state index in [4.69, 9.17) is 0 Å². The summed E-state index contributed by atoms with van der Waals surface area (Å²) in [7, 11) is 0. The van der Waals surface area contributed by atoms with Gasteiger partial charge in [0, 0.05) is 0 Å². The molecule has 1 saturated carbocycles. The summed E-state index contributed by atoms with van der Waals surface area (Å²) >= 11 is 0. The van der Waals surface area contributed by atoms with Crippen molar-refractivity contribution in [3.63, 3.8) is 0 Å². The highest BCUT2D eigenvalue weighted by Gasteiger charge is 2.42. The average molecular weight is 204 g/mol. The van der Waals surface area contributed by atoms with E-state index in [1.807, 2.05) is 18.2 Å². The summed E-state index contributed by atoms with van der Waals surface area (Å²) in [5.74, 6) is 0.729. The van der Waals surface area contributed by atoms with Crippen LogP contribution in [0.5, 0.6) is 0 Å². The van der Waals surface area contributed by atoms with E-state index in [9.17, 15) is 5.11 Å². The lowest BCUT2D eigenvalue weighted by atomic mass is 9.66. The van der Waals surface area contributed by atoms with Gasteiger partial charge in [-0.3, -0.25) is 0 Å². The molecule has 0 spiro atoms. The van der Waals surface area contributed by atoms with Crippen LogP contribution in [0.25, 0.3) is 0 Å². The topological polar surface area (TPSA) is 20.2 Å². The maximum Gasteiger partial charge on any atom is 0.0947 e. The summed E-state index contributed by atoms with van der Waals surface area (Å²) in [5, 5.41) is 10.9. The maximum atomic E-state index is 10.9. The summed E-state index contributed by atoms with van der Waals surface area (Å²) in [6.45, 7) is 4.34. The normalized spacial score (nSPS) is 30.1. The summed E-state index contributed by atoms with van der Waals surface area (Å²) in [6.07, 6.45) is 3.52. The molecule has 1 aliphatic carbocycles. The van der Waals surface area contributed by atoms with Gasteiger partial charge in [-0.2, -0.15) is 0 Å². The van der Waals surface area contributed by atoms with E-state index in [1.165, 1.54) is 6.42 Å². The van der Waals surface area contributed by atoms with Gasteiger partial charge >= 0.3 is 0 Å². The molecule has 0 saturated heterocycles. The fourth-order valence-electron chi connectivity index (χ4n) is 2.93. The molecule has 15 heavy (non-hydrogen) atoms. The third kappa shape index (κ3) is 1.69. The molecule has 1 aliphatic rings. The van der Waals surface area contributed by atoms with Crippen LogP contribution in [0.4, 0.5) is 0 Å². The third-order valence-corrected chi connectivity index (χ3v) is 4.01. The van der Waals surface area contributed by atoms with Crippen LogP contribution in [0.3, 0.4) is 0 Å². The first kappa shape index (κ1) is 10.7. The quantitative estimate of drug-likeness (QED) is 0.744. The fraction of sp³-hybridized carbons (Fsp3) is 0.571. The van der Waals surface area contributed by atoms with Gasteiger partial charge < -0.3 is 5.11 Å². The first-order chi connectivity index (χ1) is 7.15. The van der Waals surface area contributed by atoms with E-state index in [2.05, 4.69) is 26.0 Å². The molecule has 82 valence electrons. The molecular weight excluding hydrogens is 184 g/mol. The number of hydrogen-bond acceptors (Lipinski definition) is 1. The zero-order valence-electron chi connectivity index (χ0n) is 9.61. The molecule has 1 aromatic rings. The molecule has 1 N–H and O–H groups in total. The Kier molecular flexibility index (Phi) is 2.83. The predicted octanol–water partition coefficient (Wildman–Crippen LogP) is 3.33. The van der Waals surface area contributed by atoms with Gasteiger partial charge in [0.15, 0.2) is 0 Å². The number of hydrogen-bond donors (Lipinski definition) is 1. The van der Waals surface area contributed by atoms with E-state index in [-0.39, 0.29) is 0 Å². The smallest absolute Gasteiger partial charge is 0.0947 e. The molecule has 2 rings (SSSR count). The first-order valence-corrected chi connectivity index (χ1v) is 5.93. The lowest BCUT2D eigenvalue weighted by Crippen LogP contribution is -2.42. The number of aliphatic hydroxyl groups is 1. The largest absolute Gasteiger partial charge is 0.385 e. The van der Waals surface area contributed by atoms with Gasteiger partial charge in [0.1, 0.15) is 0 Å². The molecule has 1 fully saturated rings. The molecule has 0 aliphatic heterocycles. The van der Waals surface area contributed by atoms with Crippen LogP contribution < -0.4 is 0 Å². The Bertz CT molecular complexity index is 307. The van der Waals surface area contributed by atoms with Gasteiger partial charge in [0.2, 0.25) is 0 Å². The Balaban J connectivity index is 2.38. The molecule has 1 heteroatoms. The van der Waals surface area contributed by atoms with Crippen molar-refractivity contribution < 1.29 is 5.11 Å². The zero-order chi connectivity index (χ0) is 10.9. The van der Waals surface area contributed by atoms with Crippen LogP contribution >= 0.6 is 0 Å². The minimum absolute atomic E-state index is 0.364. The van der Waals surface area contributed by atoms with Gasteiger partial charge in [-0.1, -0.05) is 50.6 Å². The van der Waals surface area contributed by atoms with Gasteiger partial charge in [-0.15, -0.1) is 0 Å².